The minimum Gasteiger partial charge on any atom is -0.355 e. The molecular formula is C19H23N. The fourth-order valence-electron chi connectivity index (χ4n) is 1.85. The maximum absolute atomic E-state index is 4.04. The molecule has 104 valence electrons. The summed E-state index contributed by atoms with van der Waals surface area (Å²) >= 11 is 0. The molecule has 2 rings (SSSR count). The molecule has 1 nitrogen and oxygen atoms in total. The first-order valence-corrected chi connectivity index (χ1v) is 7.02. The van der Waals surface area contributed by atoms with Gasteiger partial charge < -0.3 is 5.32 Å². The maximum atomic E-state index is 4.04. The second kappa shape index (κ2) is 8.76. The molecule has 1 aromatic rings. The molecule has 0 spiro atoms. The van der Waals surface area contributed by atoms with Gasteiger partial charge in [0, 0.05) is 16.6 Å². The molecule has 1 aromatic carbocycles. The van der Waals surface area contributed by atoms with Crippen LogP contribution in [-0.2, 0) is 0 Å². The van der Waals surface area contributed by atoms with E-state index in [1.54, 1.807) is 6.08 Å². The van der Waals surface area contributed by atoms with Gasteiger partial charge in [0.05, 0.1) is 0 Å². The third-order valence-electron chi connectivity index (χ3n) is 2.74. The summed E-state index contributed by atoms with van der Waals surface area (Å²) in [6.07, 6.45) is 15.2. The van der Waals surface area contributed by atoms with Crippen molar-refractivity contribution in [3.8, 4) is 0 Å². The van der Waals surface area contributed by atoms with Crippen molar-refractivity contribution in [2.45, 2.75) is 20.3 Å². The lowest BCUT2D eigenvalue weighted by Gasteiger charge is -2.08. The Morgan fingerprint density at radius 3 is 2.75 bits per heavy atom. The van der Waals surface area contributed by atoms with Gasteiger partial charge >= 0.3 is 0 Å². The topological polar surface area (TPSA) is 12.0 Å². The summed E-state index contributed by atoms with van der Waals surface area (Å²) in [5.41, 5.74) is 2.13. The first kappa shape index (κ1) is 15.8. The van der Waals surface area contributed by atoms with Crippen LogP contribution < -0.4 is 15.8 Å². The fourth-order valence-corrected chi connectivity index (χ4v) is 1.85. The molecule has 0 saturated carbocycles. The van der Waals surface area contributed by atoms with Crippen molar-refractivity contribution in [1.82, 2.24) is 0 Å². The number of allylic oxidation sites excluding steroid dienone is 6. The lowest BCUT2D eigenvalue weighted by atomic mass is 10.2. The highest BCUT2D eigenvalue weighted by Gasteiger charge is 1.97. The largest absolute Gasteiger partial charge is 0.355 e. The van der Waals surface area contributed by atoms with E-state index in [9.17, 15) is 0 Å². The van der Waals surface area contributed by atoms with Gasteiger partial charge in [-0.25, -0.2) is 0 Å². The molecule has 0 bridgehead atoms. The SMILES string of the molecule is C=C/C=c1/c(NC2=CC=CCC=C2)cccc1=C.CC. The van der Waals surface area contributed by atoms with Crippen LogP contribution in [0.4, 0.5) is 5.69 Å². The van der Waals surface area contributed by atoms with Crippen LogP contribution in [0, 0.1) is 0 Å². The molecule has 0 unspecified atom stereocenters. The van der Waals surface area contributed by atoms with Crippen molar-refractivity contribution in [2.75, 3.05) is 5.32 Å². The Hall–Kier alpha value is -2.28. The monoisotopic (exact) mass is 265 g/mol. The second-order valence-corrected chi connectivity index (χ2v) is 4.09. The second-order valence-electron chi connectivity index (χ2n) is 4.09. The zero-order chi connectivity index (χ0) is 14.8. The molecule has 1 heteroatoms. The summed E-state index contributed by atoms with van der Waals surface area (Å²) in [6.45, 7) is 11.8. The Morgan fingerprint density at radius 2 is 2.00 bits per heavy atom. The number of rotatable bonds is 3. The first-order valence-electron chi connectivity index (χ1n) is 7.02. The molecule has 0 amide bonds. The third kappa shape index (κ3) is 4.43. The van der Waals surface area contributed by atoms with E-state index in [1.807, 2.05) is 38.1 Å². The van der Waals surface area contributed by atoms with E-state index in [4.69, 9.17) is 0 Å². The standard InChI is InChI=1S/C17H17N.C2H6/c1-3-9-16-14(2)10-8-13-17(16)18-15-11-6-4-5-7-12-15;1-2/h3-4,6-13,18H,1-2,5H2;1-2H3/b16-9+;. The molecule has 1 aliphatic carbocycles. The molecule has 20 heavy (non-hydrogen) atoms. The molecule has 1 aliphatic rings. The number of hydrogen-bond donors (Lipinski definition) is 1. The molecule has 0 fully saturated rings. The zero-order valence-corrected chi connectivity index (χ0v) is 12.4. The number of nitrogens with one attached hydrogen (secondary N) is 1. The Kier molecular flexibility index (Phi) is 6.91. The summed E-state index contributed by atoms with van der Waals surface area (Å²) in [5.74, 6) is 0. The van der Waals surface area contributed by atoms with Crippen LogP contribution in [-0.4, -0.2) is 0 Å². The number of benzene rings is 1. The van der Waals surface area contributed by atoms with Gasteiger partial charge in [-0.2, -0.15) is 0 Å². The highest BCUT2D eigenvalue weighted by atomic mass is 14.9. The third-order valence-corrected chi connectivity index (χ3v) is 2.74. The van der Waals surface area contributed by atoms with Crippen molar-refractivity contribution in [3.63, 3.8) is 0 Å². The van der Waals surface area contributed by atoms with E-state index >= 15 is 0 Å². The lowest BCUT2D eigenvalue weighted by molar-refractivity contribution is 1.38. The van der Waals surface area contributed by atoms with Gasteiger partial charge in [-0.1, -0.05) is 69.5 Å². The van der Waals surface area contributed by atoms with E-state index in [1.165, 1.54) is 0 Å². The van der Waals surface area contributed by atoms with Gasteiger partial charge in [0.2, 0.25) is 0 Å². The summed E-state index contributed by atoms with van der Waals surface area (Å²) in [6, 6.07) is 6.05. The molecule has 0 radical (unpaired) electrons. The Morgan fingerprint density at radius 1 is 1.20 bits per heavy atom. The first-order chi connectivity index (χ1) is 9.81. The van der Waals surface area contributed by atoms with E-state index in [-0.39, 0.29) is 0 Å². The summed E-state index contributed by atoms with van der Waals surface area (Å²) in [5, 5.41) is 5.49. The molecule has 0 aliphatic heterocycles. The van der Waals surface area contributed by atoms with Gasteiger partial charge in [0.15, 0.2) is 0 Å². The van der Waals surface area contributed by atoms with Crippen LogP contribution in [0.15, 0.2) is 66.9 Å². The van der Waals surface area contributed by atoms with Gasteiger partial charge in [-0.05, 0) is 29.9 Å². The Balaban J connectivity index is 0.000000956. The molecule has 0 saturated heterocycles. The van der Waals surface area contributed by atoms with Crippen LogP contribution in [0.3, 0.4) is 0 Å². The minimum atomic E-state index is 0.975. The van der Waals surface area contributed by atoms with Crippen LogP contribution in [0.2, 0.25) is 0 Å². The summed E-state index contributed by atoms with van der Waals surface area (Å²) in [4.78, 5) is 0. The zero-order valence-electron chi connectivity index (χ0n) is 12.4. The van der Waals surface area contributed by atoms with Gasteiger partial charge in [-0.3, -0.25) is 0 Å². The molecule has 0 atom stereocenters. The quantitative estimate of drug-likeness (QED) is 0.874. The van der Waals surface area contributed by atoms with Crippen molar-refractivity contribution in [2.24, 2.45) is 0 Å². The predicted molar refractivity (Wildman–Crippen MR) is 91.8 cm³/mol. The highest BCUT2D eigenvalue weighted by molar-refractivity contribution is 5.57. The predicted octanol–water partition coefficient (Wildman–Crippen LogP) is 3.90. The Labute approximate surface area is 122 Å². The lowest BCUT2D eigenvalue weighted by Crippen LogP contribution is -2.26. The van der Waals surface area contributed by atoms with Gasteiger partial charge in [0.1, 0.15) is 0 Å². The van der Waals surface area contributed by atoms with Crippen LogP contribution in [0.1, 0.15) is 20.3 Å². The van der Waals surface area contributed by atoms with E-state index < -0.39 is 0 Å². The van der Waals surface area contributed by atoms with Crippen molar-refractivity contribution in [3.05, 3.63) is 77.4 Å². The van der Waals surface area contributed by atoms with E-state index in [0.29, 0.717) is 0 Å². The normalized spacial score (nSPS) is 13.9. The van der Waals surface area contributed by atoms with Crippen LogP contribution in [0.25, 0.3) is 12.7 Å². The molecule has 1 N–H and O–H groups in total. The van der Waals surface area contributed by atoms with Crippen molar-refractivity contribution in [1.29, 1.82) is 0 Å². The molecule has 0 heterocycles. The van der Waals surface area contributed by atoms with Gasteiger partial charge in [0.25, 0.3) is 0 Å². The van der Waals surface area contributed by atoms with Crippen molar-refractivity contribution >= 4 is 18.3 Å². The van der Waals surface area contributed by atoms with E-state index in [0.717, 1.165) is 28.2 Å². The van der Waals surface area contributed by atoms with Crippen LogP contribution >= 0.6 is 0 Å². The van der Waals surface area contributed by atoms with E-state index in [2.05, 4.69) is 48.9 Å². The van der Waals surface area contributed by atoms with Gasteiger partial charge in [-0.15, -0.1) is 0 Å². The fraction of sp³-hybridized carbons (Fsp3) is 0.158. The van der Waals surface area contributed by atoms with Crippen molar-refractivity contribution < 1.29 is 0 Å². The average molecular weight is 265 g/mol. The smallest absolute Gasteiger partial charge is 0.0463 e. The van der Waals surface area contributed by atoms with Crippen LogP contribution in [0.5, 0.6) is 0 Å². The summed E-state index contributed by atoms with van der Waals surface area (Å²) < 4.78 is 0. The highest BCUT2D eigenvalue weighted by Crippen LogP contribution is 2.08. The molecular weight excluding hydrogens is 242 g/mol. The number of hydrogen-bond acceptors (Lipinski definition) is 1. The summed E-state index contributed by atoms with van der Waals surface area (Å²) in [7, 11) is 0. The maximum Gasteiger partial charge on any atom is 0.0463 e. The number of anilines is 1. The Bertz CT molecular complexity index is 630. The minimum absolute atomic E-state index is 0.975. The average Bonchev–Trinajstić information content (AvgIpc) is 2.74. The molecule has 0 aromatic heterocycles.